The summed E-state index contributed by atoms with van der Waals surface area (Å²) in [5.41, 5.74) is 3.53. The Kier molecular flexibility index (Phi) is 3.07. The van der Waals surface area contributed by atoms with Gasteiger partial charge in [-0.25, -0.2) is 0 Å². The molecule has 0 aromatic heterocycles. The highest BCUT2D eigenvalue weighted by Gasteiger charge is 2.49. The first-order chi connectivity index (χ1) is 7.35. The minimum Gasteiger partial charge on any atom is -0.310 e. The van der Waals surface area contributed by atoms with Crippen molar-refractivity contribution in [1.29, 1.82) is 0 Å². The van der Waals surface area contributed by atoms with Gasteiger partial charge in [-0.2, -0.15) is 0 Å². The van der Waals surface area contributed by atoms with E-state index in [2.05, 4.69) is 36.5 Å². The highest BCUT2D eigenvalue weighted by atomic mass is 15.1. The monoisotopic (exact) mass is 217 g/mol. The molecule has 1 heteroatoms. The first-order valence-corrected chi connectivity index (χ1v) is 6.18. The van der Waals surface area contributed by atoms with E-state index in [1.165, 1.54) is 31.4 Å². The average Bonchev–Trinajstić information content (AvgIpc) is 3.02. The van der Waals surface area contributed by atoms with Crippen molar-refractivity contribution in [2.45, 2.75) is 51.5 Å². The fourth-order valence-corrected chi connectivity index (χ4v) is 2.92. The molecule has 0 spiro atoms. The number of nitrogens with one attached hydrogen (secondary N) is 1. The second-order valence-electron chi connectivity index (χ2n) is 5.02. The summed E-state index contributed by atoms with van der Waals surface area (Å²) in [5.74, 6) is 0. The molecule has 88 valence electrons. The quantitative estimate of drug-likeness (QED) is 0.771. The van der Waals surface area contributed by atoms with Crippen molar-refractivity contribution in [3.63, 3.8) is 0 Å². The van der Waals surface area contributed by atoms with Crippen LogP contribution in [-0.2, 0) is 11.8 Å². The van der Waals surface area contributed by atoms with Gasteiger partial charge < -0.3 is 5.32 Å². The highest BCUT2D eigenvalue weighted by Crippen LogP contribution is 2.48. The molecule has 1 N–H and O–H groups in total. The molecule has 1 saturated carbocycles. The third-order valence-electron chi connectivity index (χ3n) is 4.26. The Hall–Kier alpha value is -0.820. The fourth-order valence-electron chi connectivity index (χ4n) is 2.92. The number of hydrogen-bond donors (Lipinski definition) is 1. The maximum absolute atomic E-state index is 3.50. The predicted octanol–water partition coefficient (Wildman–Crippen LogP) is 3.28. The predicted molar refractivity (Wildman–Crippen MR) is 69.9 cm³/mol. The Bertz CT molecular complexity index is 344. The number of rotatable bonds is 3. The summed E-state index contributed by atoms with van der Waals surface area (Å²) in [7, 11) is 0. The third kappa shape index (κ3) is 1.67. The van der Waals surface area contributed by atoms with E-state index in [-0.39, 0.29) is 7.43 Å². The van der Waals surface area contributed by atoms with Crippen molar-refractivity contribution in [2.75, 3.05) is 6.54 Å². The zero-order valence-corrected chi connectivity index (χ0v) is 9.42. The van der Waals surface area contributed by atoms with Gasteiger partial charge in [0.25, 0.3) is 0 Å². The van der Waals surface area contributed by atoms with E-state index < -0.39 is 0 Å². The Morgan fingerprint density at radius 2 is 1.88 bits per heavy atom. The van der Waals surface area contributed by atoms with Crippen LogP contribution in [0.4, 0.5) is 0 Å². The van der Waals surface area contributed by atoms with Gasteiger partial charge in [-0.15, -0.1) is 0 Å². The molecule has 1 aliphatic carbocycles. The molecule has 2 fully saturated rings. The zero-order chi connectivity index (χ0) is 10.3. The fraction of sp³-hybridized carbons (Fsp3) is 0.600. The maximum atomic E-state index is 3.50. The lowest BCUT2D eigenvalue weighted by molar-refractivity contribution is 0.238. The van der Waals surface area contributed by atoms with Crippen molar-refractivity contribution in [3.05, 3.63) is 35.4 Å². The van der Waals surface area contributed by atoms with Crippen molar-refractivity contribution < 1.29 is 0 Å². The molecule has 0 radical (unpaired) electrons. The van der Waals surface area contributed by atoms with Crippen LogP contribution >= 0.6 is 0 Å². The highest BCUT2D eigenvalue weighted by molar-refractivity contribution is 5.35. The molecule has 2 aliphatic rings. The van der Waals surface area contributed by atoms with Crippen LogP contribution in [0.2, 0.25) is 0 Å². The summed E-state index contributed by atoms with van der Waals surface area (Å²) in [6.07, 6.45) is 5.33. The zero-order valence-electron chi connectivity index (χ0n) is 9.42. The molecule has 1 heterocycles. The Morgan fingerprint density at radius 3 is 2.25 bits per heavy atom. The molecule has 1 saturated heterocycles. The third-order valence-corrected chi connectivity index (χ3v) is 4.26. The molecule has 3 rings (SSSR count). The largest absolute Gasteiger partial charge is 0.310 e. The van der Waals surface area contributed by atoms with Gasteiger partial charge in [0.15, 0.2) is 0 Å². The van der Waals surface area contributed by atoms with Crippen LogP contribution in [0, 0.1) is 0 Å². The van der Waals surface area contributed by atoms with Gasteiger partial charge >= 0.3 is 0 Å². The topological polar surface area (TPSA) is 21.9 Å². The molecule has 16 heavy (non-hydrogen) atoms. The van der Waals surface area contributed by atoms with E-state index in [1.807, 2.05) is 0 Å². The standard InChI is InChI=1S/C14H19N.CH4/c1-2-11-4-6-12(7-5-11)14(8-3-9-14)13-10-15-13;/h4-7,13,15H,2-3,8-10H2,1H3;1H4. The van der Waals surface area contributed by atoms with Crippen LogP contribution in [0.1, 0.15) is 44.7 Å². The molecule has 1 atom stereocenters. The first kappa shape index (κ1) is 11.7. The minimum atomic E-state index is 0. The van der Waals surface area contributed by atoms with Crippen LogP contribution in [0.5, 0.6) is 0 Å². The van der Waals surface area contributed by atoms with Gasteiger partial charge in [0.1, 0.15) is 0 Å². The second kappa shape index (κ2) is 4.21. The van der Waals surface area contributed by atoms with Crippen LogP contribution in [0.3, 0.4) is 0 Å². The van der Waals surface area contributed by atoms with Crippen LogP contribution in [0.25, 0.3) is 0 Å². The molecule has 1 unspecified atom stereocenters. The molecule has 1 nitrogen and oxygen atoms in total. The van der Waals surface area contributed by atoms with Crippen molar-refractivity contribution >= 4 is 0 Å². The first-order valence-electron chi connectivity index (χ1n) is 6.18. The summed E-state index contributed by atoms with van der Waals surface area (Å²) in [5, 5.41) is 3.50. The maximum Gasteiger partial charge on any atom is 0.0290 e. The van der Waals surface area contributed by atoms with Gasteiger partial charge in [-0.3, -0.25) is 0 Å². The lowest BCUT2D eigenvalue weighted by Gasteiger charge is -2.42. The van der Waals surface area contributed by atoms with Crippen molar-refractivity contribution in [2.24, 2.45) is 0 Å². The molecule has 1 aromatic carbocycles. The lowest BCUT2D eigenvalue weighted by Crippen LogP contribution is -2.41. The van der Waals surface area contributed by atoms with E-state index in [4.69, 9.17) is 0 Å². The Balaban J connectivity index is 0.000000963. The normalized spacial score (nSPS) is 25.4. The minimum absolute atomic E-state index is 0. The van der Waals surface area contributed by atoms with Gasteiger partial charge in [0.05, 0.1) is 0 Å². The second-order valence-corrected chi connectivity index (χ2v) is 5.02. The number of aryl methyl sites for hydroxylation is 1. The SMILES string of the molecule is C.CCc1ccc(C2(C3CN3)CCC2)cc1. The Labute approximate surface area is 99.3 Å². The molecule has 0 bridgehead atoms. The van der Waals surface area contributed by atoms with Crippen LogP contribution in [-0.4, -0.2) is 12.6 Å². The number of hydrogen-bond acceptors (Lipinski definition) is 1. The van der Waals surface area contributed by atoms with Crippen molar-refractivity contribution in [3.8, 4) is 0 Å². The summed E-state index contributed by atoms with van der Waals surface area (Å²) >= 11 is 0. The van der Waals surface area contributed by atoms with Crippen LogP contribution in [0.15, 0.2) is 24.3 Å². The van der Waals surface area contributed by atoms with E-state index in [0.717, 1.165) is 12.5 Å². The molecule has 1 aliphatic heterocycles. The van der Waals surface area contributed by atoms with Crippen LogP contribution < -0.4 is 5.32 Å². The van der Waals surface area contributed by atoms with E-state index in [1.54, 1.807) is 5.56 Å². The Morgan fingerprint density at radius 1 is 1.25 bits per heavy atom. The van der Waals surface area contributed by atoms with Gasteiger partial charge in [0, 0.05) is 18.0 Å². The number of benzene rings is 1. The summed E-state index contributed by atoms with van der Waals surface area (Å²) in [6, 6.07) is 10.1. The summed E-state index contributed by atoms with van der Waals surface area (Å²) in [4.78, 5) is 0. The van der Waals surface area contributed by atoms with Gasteiger partial charge in [-0.1, -0.05) is 45.0 Å². The van der Waals surface area contributed by atoms with E-state index in [0.29, 0.717) is 5.41 Å². The smallest absolute Gasteiger partial charge is 0.0290 e. The molecular formula is C15H23N. The van der Waals surface area contributed by atoms with Crippen molar-refractivity contribution in [1.82, 2.24) is 5.32 Å². The van der Waals surface area contributed by atoms with Gasteiger partial charge in [0.2, 0.25) is 0 Å². The van der Waals surface area contributed by atoms with E-state index in [9.17, 15) is 0 Å². The average molecular weight is 217 g/mol. The summed E-state index contributed by atoms with van der Waals surface area (Å²) in [6.45, 7) is 3.45. The molecule has 1 aromatic rings. The molecular weight excluding hydrogens is 194 g/mol. The summed E-state index contributed by atoms with van der Waals surface area (Å²) < 4.78 is 0. The van der Waals surface area contributed by atoms with E-state index >= 15 is 0 Å². The lowest BCUT2D eigenvalue weighted by atomic mass is 9.62. The molecule has 0 amide bonds. The van der Waals surface area contributed by atoms with Gasteiger partial charge in [-0.05, 0) is 30.4 Å².